The number of aryl methyl sites for hydroxylation is 1. The van der Waals surface area contributed by atoms with Crippen molar-refractivity contribution < 1.29 is 13.2 Å². The molecule has 0 aliphatic carbocycles. The van der Waals surface area contributed by atoms with Crippen molar-refractivity contribution in [1.29, 1.82) is 0 Å². The van der Waals surface area contributed by atoms with Gasteiger partial charge in [0.25, 0.3) is 10.0 Å². The van der Waals surface area contributed by atoms with E-state index in [0.717, 1.165) is 5.56 Å². The van der Waals surface area contributed by atoms with E-state index in [1.165, 1.54) is 17.1 Å². The maximum atomic E-state index is 11.9. The van der Waals surface area contributed by atoms with E-state index in [1.807, 2.05) is 47.2 Å². The predicted octanol–water partition coefficient (Wildman–Crippen LogP) is 1.72. The maximum absolute atomic E-state index is 11.9. The highest BCUT2D eigenvalue weighted by Gasteiger charge is 2.18. The molecule has 1 N–H and O–H groups in total. The van der Waals surface area contributed by atoms with E-state index in [1.54, 1.807) is 7.05 Å². The Labute approximate surface area is 129 Å². The number of amides is 1. The van der Waals surface area contributed by atoms with E-state index in [2.05, 4.69) is 5.10 Å². The van der Waals surface area contributed by atoms with Crippen molar-refractivity contribution in [3.05, 3.63) is 54.4 Å². The van der Waals surface area contributed by atoms with Gasteiger partial charge in [0.1, 0.15) is 4.90 Å². The number of hydrogen-bond acceptors (Lipinski definition) is 4. The van der Waals surface area contributed by atoms with Gasteiger partial charge in [-0.1, -0.05) is 42.5 Å². The van der Waals surface area contributed by atoms with Gasteiger partial charge in [-0.3, -0.25) is 9.48 Å². The van der Waals surface area contributed by atoms with Crippen molar-refractivity contribution >= 4 is 22.0 Å². The van der Waals surface area contributed by atoms with Crippen LogP contribution in [0.4, 0.5) is 0 Å². The summed E-state index contributed by atoms with van der Waals surface area (Å²) in [5.41, 5.74) is 1.03. The summed E-state index contributed by atoms with van der Waals surface area (Å²) in [4.78, 5) is 11.7. The van der Waals surface area contributed by atoms with Gasteiger partial charge in [-0.25, -0.2) is 13.1 Å². The SMILES string of the molecule is Cn1cc(S(=O)(=O)NC(=O)CCC=Cc2ccccc2)cn1. The highest BCUT2D eigenvalue weighted by atomic mass is 32.2. The number of carbonyl (C=O) groups excluding carboxylic acids is 1. The Morgan fingerprint density at radius 2 is 2.05 bits per heavy atom. The molecule has 0 bridgehead atoms. The van der Waals surface area contributed by atoms with Crippen LogP contribution in [-0.4, -0.2) is 24.1 Å². The molecule has 1 heterocycles. The first-order valence-corrected chi connectivity index (χ1v) is 8.21. The predicted molar refractivity (Wildman–Crippen MR) is 83.2 cm³/mol. The lowest BCUT2D eigenvalue weighted by Crippen LogP contribution is -2.30. The number of carbonyl (C=O) groups is 1. The minimum atomic E-state index is -3.83. The number of nitrogens with zero attached hydrogens (tertiary/aromatic N) is 2. The number of nitrogens with one attached hydrogen (secondary N) is 1. The molecule has 1 amide bonds. The van der Waals surface area contributed by atoms with Crippen molar-refractivity contribution in [3.8, 4) is 0 Å². The summed E-state index contributed by atoms with van der Waals surface area (Å²) < 4.78 is 27.2. The molecule has 0 saturated carbocycles. The second kappa shape index (κ2) is 7.04. The molecular weight excluding hydrogens is 302 g/mol. The van der Waals surface area contributed by atoms with Gasteiger partial charge in [-0.2, -0.15) is 5.10 Å². The Hall–Kier alpha value is -2.41. The van der Waals surface area contributed by atoms with Gasteiger partial charge >= 0.3 is 0 Å². The summed E-state index contributed by atoms with van der Waals surface area (Å²) in [6, 6.07) is 9.67. The first-order chi connectivity index (χ1) is 10.5. The molecule has 0 aliphatic heterocycles. The van der Waals surface area contributed by atoms with Crippen molar-refractivity contribution in [2.75, 3.05) is 0 Å². The summed E-state index contributed by atoms with van der Waals surface area (Å²) in [5.74, 6) is -0.540. The fourth-order valence-electron chi connectivity index (χ4n) is 1.80. The van der Waals surface area contributed by atoms with E-state index < -0.39 is 15.9 Å². The Balaban J connectivity index is 1.84. The summed E-state index contributed by atoms with van der Waals surface area (Å²) >= 11 is 0. The molecule has 0 spiro atoms. The van der Waals surface area contributed by atoms with Gasteiger partial charge in [-0.15, -0.1) is 0 Å². The lowest BCUT2D eigenvalue weighted by atomic mass is 10.2. The Morgan fingerprint density at radius 1 is 1.32 bits per heavy atom. The molecule has 1 aromatic heterocycles. The summed E-state index contributed by atoms with van der Waals surface area (Å²) in [6.45, 7) is 0. The lowest BCUT2D eigenvalue weighted by molar-refractivity contribution is -0.119. The van der Waals surface area contributed by atoms with E-state index in [4.69, 9.17) is 0 Å². The summed E-state index contributed by atoms with van der Waals surface area (Å²) in [7, 11) is -2.23. The van der Waals surface area contributed by atoms with Crippen molar-refractivity contribution in [2.45, 2.75) is 17.7 Å². The number of rotatable bonds is 6. The minimum Gasteiger partial charge on any atom is -0.274 e. The zero-order chi connectivity index (χ0) is 16.0. The normalized spacial score (nSPS) is 11.7. The van der Waals surface area contributed by atoms with Gasteiger partial charge < -0.3 is 0 Å². The highest BCUT2D eigenvalue weighted by molar-refractivity contribution is 7.90. The summed E-state index contributed by atoms with van der Waals surface area (Å²) in [5, 5.41) is 3.77. The zero-order valence-electron chi connectivity index (χ0n) is 12.1. The zero-order valence-corrected chi connectivity index (χ0v) is 13.0. The number of aromatic nitrogens is 2. The van der Waals surface area contributed by atoms with Crippen LogP contribution in [0.5, 0.6) is 0 Å². The molecule has 6 nitrogen and oxygen atoms in total. The quantitative estimate of drug-likeness (QED) is 0.879. The molecule has 7 heteroatoms. The second-order valence-electron chi connectivity index (χ2n) is 4.73. The molecule has 1 aromatic carbocycles. The van der Waals surface area contributed by atoms with Gasteiger partial charge in [0.2, 0.25) is 5.91 Å². The highest BCUT2D eigenvalue weighted by Crippen LogP contribution is 2.07. The lowest BCUT2D eigenvalue weighted by Gasteiger charge is -2.03. The molecule has 2 rings (SSSR count). The number of sulfonamides is 1. The first kappa shape index (κ1) is 16.0. The number of hydrogen-bond donors (Lipinski definition) is 1. The van der Waals surface area contributed by atoms with Crippen LogP contribution in [0.2, 0.25) is 0 Å². The fraction of sp³-hybridized carbons (Fsp3) is 0.200. The molecule has 0 radical (unpaired) electrons. The van der Waals surface area contributed by atoms with Crippen LogP contribution in [0.25, 0.3) is 6.08 Å². The molecule has 0 unspecified atom stereocenters. The average molecular weight is 319 g/mol. The van der Waals surface area contributed by atoms with E-state index in [0.29, 0.717) is 6.42 Å². The molecule has 116 valence electrons. The molecular formula is C15H17N3O3S. The summed E-state index contributed by atoms with van der Waals surface area (Å²) in [6.07, 6.45) is 6.83. The van der Waals surface area contributed by atoms with Crippen molar-refractivity contribution in [2.24, 2.45) is 7.05 Å². The fourth-order valence-corrected chi connectivity index (χ4v) is 2.79. The van der Waals surface area contributed by atoms with Crippen molar-refractivity contribution in [3.63, 3.8) is 0 Å². The molecule has 2 aromatic rings. The van der Waals surface area contributed by atoms with Crippen LogP contribution in [0.1, 0.15) is 18.4 Å². The molecule has 0 atom stereocenters. The number of allylic oxidation sites excluding steroid dienone is 1. The van der Waals surface area contributed by atoms with E-state index in [-0.39, 0.29) is 11.3 Å². The van der Waals surface area contributed by atoms with Crippen LogP contribution in [0, 0.1) is 0 Å². The van der Waals surface area contributed by atoms with Gasteiger partial charge in [0.05, 0.1) is 6.20 Å². The third kappa shape index (κ3) is 4.56. The van der Waals surface area contributed by atoms with Crippen LogP contribution in [0.3, 0.4) is 0 Å². The van der Waals surface area contributed by atoms with Gasteiger partial charge in [-0.05, 0) is 12.0 Å². The standard InChI is InChI=1S/C15H17N3O3S/c1-18-12-14(11-16-18)22(20,21)17-15(19)10-6-5-9-13-7-3-2-4-8-13/h2-5,7-9,11-12H,6,10H2,1H3,(H,17,19). The maximum Gasteiger partial charge on any atom is 0.267 e. The van der Waals surface area contributed by atoms with Gasteiger partial charge in [0.15, 0.2) is 0 Å². The number of benzene rings is 1. The Bertz CT molecular complexity index is 764. The van der Waals surface area contributed by atoms with Crippen LogP contribution >= 0.6 is 0 Å². The molecule has 22 heavy (non-hydrogen) atoms. The first-order valence-electron chi connectivity index (χ1n) is 6.73. The van der Waals surface area contributed by atoms with E-state index >= 15 is 0 Å². The van der Waals surface area contributed by atoms with Crippen LogP contribution in [0.15, 0.2) is 53.7 Å². The van der Waals surface area contributed by atoms with Crippen LogP contribution in [-0.2, 0) is 21.9 Å². The Kier molecular flexibility index (Phi) is 5.11. The largest absolute Gasteiger partial charge is 0.274 e. The Morgan fingerprint density at radius 3 is 2.68 bits per heavy atom. The smallest absolute Gasteiger partial charge is 0.267 e. The molecule has 0 fully saturated rings. The third-order valence-electron chi connectivity index (χ3n) is 2.89. The average Bonchev–Trinajstić information content (AvgIpc) is 2.92. The second-order valence-corrected chi connectivity index (χ2v) is 6.41. The molecule has 0 aliphatic rings. The van der Waals surface area contributed by atoms with Crippen molar-refractivity contribution in [1.82, 2.24) is 14.5 Å². The van der Waals surface area contributed by atoms with Crippen LogP contribution < -0.4 is 4.72 Å². The van der Waals surface area contributed by atoms with E-state index in [9.17, 15) is 13.2 Å². The third-order valence-corrected chi connectivity index (χ3v) is 4.22. The monoisotopic (exact) mass is 319 g/mol. The van der Waals surface area contributed by atoms with Gasteiger partial charge in [0, 0.05) is 19.7 Å². The topological polar surface area (TPSA) is 81.1 Å². The minimum absolute atomic E-state index is 0.0248. The molecule has 0 saturated heterocycles.